The summed E-state index contributed by atoms with van der Waals surface area (Å²) in [6.45, 7) is 3.64. The van der Waals surface area contributed by atoms with Crippen LogP contribution < -0.4 is 0 Å². The molecule has 0 amide bonds. The molecule has 0 heteroatoms. The van der Waals surface area contributed by atoms with Crippen molar-refractivity contribution in [2.24, 2.45) is 0 Å². The van der Waals surface area contributed by atoms with Crippen LogP contribution in [0.1, 0.15) is 52.4 Å². The summed E-state index contributed by atoms with van der Waals surface area (Å²) in [5.74, 6) is 5.36. The SMILES string of the molecule is C1CCCCC1.CC#CC. The van der Waals surface area contributed by atoms with E-state index < -0.39 is 0 Å². The summed E-state index contributed by atoms with van der Waals surface area (Å²) in [4.78, 5) is 0. The zero-order valence-electron chi connectivity index (χ0n) is 7.24. The van der Waals surface area contributed by atoms with Gasteiger partial charge in [-0.25, -0.2) is 0 Å². The molecule has 58 valence electrons. The maximum atomic E-state index is 2.68. The molecule has 1 aliphatic rings. The van der Waals surface area contributed by atoms with Crippen molar-refractivity contribution in [3.8, 4) is 11.8 Å². The fourth-order valence-electron chi connectivity index (χ4n) is 1.06. The van der Waals surface area contributed by atoms with Gasteiger partial charge in [-0.2, -0.15) is 0 Å². The molecule has 0 radical (unpaired) electrons. The van der Waals surface area contributed by atoms with Crippen molar-refractivity contribution in [1.29, 1.82) is 0 Å². The van der Waals surface area contributed by atoms with Gasteiger partial charge in [0, 0.05) is 0 Å². The molecule has 0 aromatic heterocycles. The highest BCUT2D eigenvalue weighted by Gasteiger charge is 1.95. The third-order valence-electron chi connectivity index (χ3n) is 1.75. The summed E-state index contributed by atoms with van der Waals surface area (Å²) in [7, 11) is 0. The minimum absolute atomic E-state index is 1.50. The highest BCUT2D eigenvalue weighted by molar-refractivity contribution is 4.89. The van der Waals surface area contributed by atoms with Crippen LogP contribution in [-0.2, 0) is 0 Å². The largest absolute Gasteiger partial charge is 0.107 e. The summed E-state index contributed by atoms with van der Waals surface area (Å²) in [6, 6.07) is 0. The quantitative estimate of drug-likeness (QED) is 0.450. The van der Waals surface area contributed by atoms with E-state index in [1.54, 1.807) is 0 Å². The highest BCUT2D eigenvalue weighted by atomic mass is 14.0. The molecule has 0 bridgehead atoms. The van der Waals surface area contributed by atoms with Gasteiger partial charge in [-0.1, -0.05) is 38.5 Å². The van der Waals surface area contributed by atoms with E-state index in [2.05, 4.69) is 11.8 Å². The molecule has 0 atom stereocenters. The number of hydrogen-bond donors (Lipinski definition) is 0. The zero-order valence-corrected chi connectivity index (χ0v) is 7.24. The van der Waals surface area contributed by atoms with E-state index in [1.165, 1.54) is 38.5 Å². The second-order valence-electron chi connectivity index (χ2n) is 2.62. The topological polar surface area (TPSA) is 0 Å². The molecule has 1 fully saturated rings. The van der Waals surface area contributed by atoms with Crippen LogP contribution in [0.15, 0.2) is 0 Å². The Bertz CT molecular complexity index is 81.4. The first kappa shape index (κ1) is 9.56. The summed E-state index contributed by atoms with van der Waals surface area (Å²) in [5.41, 5.74) is 0. The average Bonchev–Trinajstić information content (AvgIpc) is 2.08. The lowest BCUT2D eigenvalue weighted by Crippen LogP contribution is -1.85. The molecule has 0 heterocycles. The average molecular weight is 138 g/mol. The van der Waals surface area contributed by atoms with Crippen LogP contribution >= 0.6 is 0 Å². The Hall–Kier alpha value is -0.440. The van der Waals surface area contributed by atoms with Crippen molar-refractivity contribution in [1.82, 2.24) is 0 Å². The van der Waals surface area contributed by atoms with Crippen molar-refractivity contribution in [3.63, 3.8) is 0 Å². The lowest BCUT2D eigenvalue weighted by molar-refractivity contribution is 0.504. The summed E-state index contributed by atoms with van der Waals surface area (Å²) >= 11 is 0. The smallest absolute Gasteiger partial charge is 0.00271 e. The van der Waals surface area contributed by atoms with E-state index in [9.17, 15) is 0 Å². The molecular weight excluding hydrogens is 120 g/mol. The number of rotatable bonds is 0. The van der Waals surface area contributed by atoms with E-state index in [0.717, 1.165) is 0 Å². The summed E-state index contributed by atoms with van der Waals surface area (Å²) in [5, 5.41) is 0. The molecule has 10 heavy (non-hydrogen) atoms. The van der Waals surface area contributed by atoms with Crippen LogP contribution in [0.2, 0.25) is 0 Å². The minimum Gasteiger partial charge on any atom is -0.107 e. The molecule has 0 nitrogen and oxygen atoms in total. The highest BCUT2D eigenvalue weighted by Crippen LogP contribution is 2.15. The Morgan fingerprint density at radius 3 is 0.900 bits per heavy atom. The molecule has 0 N–H and O–H groups in total. The van der Waals surface area contributed by atoms with E-state index in [-0.39, 0.29) is 0 Å². The van der Waals surface area contributed by atoms with Gasteiger partial charge >= 0.3 is 0 Å². The van der Waals surface area contributed by atoms with Gasteiger partial charge in [0.1, 0.15) is 0 Å². The standard InChI is InChI=1S/C6H12.C4H6/c1-2-4-6-5-3-1;1-3-4-2/h1-6H2;1-2H3. The second kappa shape index (κ2) is 8.56. The molecule has 0 saturated heterocycles. The molecule has 1 saturated carbocycles. The molecule has 0 aliphatic heterocycles. The fraction of sp³-hybridized carbons (Fsp3) is 0.800. The van der Waals surface area contributed by atoms with Crippen LogP contribution in [-0.4, -0.2) is 0 Å². The van der Waals surface area contributed by atoms with Crippen molar-refractivity contribution < 1.29 is 0 Å². The normalized spacial score (nSPS) is 15.8. The maximum absolute atomic E-state index is 2.68. The minimum atomic E-state index is 1.50. The van der Waals surface area contributed by atoms with Gasteiger partial charge in [0.2, 0.25) is 0 Å². The zero-order chi connectivity index (χ0) is 7.66. The predicted molar refractivity (Wildman–Crippen MR) is 46.8 cm³/mol. The van der Waals surface area contributed by atoms with E-state index in [0.29, 0.717) is 0 Å². The third kappa shape index (κ3) is 7.56. The van der Waals surface area contributed by atoms with Gasteiger partial charge in [0.15, 0.2) is 0 Å². The first-order valence-corrected chi connectivity index (χ1v) is 4.25. The summed E-state index contributed by atoms with van der Waals surface area (Å²) < 4.78 is 0. The van der Waals surface area contributed by atoms with Crippen LogP contribution in [0.25, 0.3) is 0 Å². The van der Waals surface area contributed by atoms with Gasteiger partial charge < -0.3 is 0 Å². The van der Waals surface area contributed by atoms with Gasteiger partial charge in [-0.15, -0.1) is 11.8 Å². The Morgan fingerprint density at radius 1 is 0.600 bits per heavy atom. The first-order valence-electron chi connectivity index (χ1n) is 4.25. The van der Waals surface area contributed by atoms with Gasteiger partial charge in [0.05, 0.1) is 0 Å². The second-order valence-corrected chi connectivity index (χ2v) is 2.62. The molecular formula is C10H18. The maximum Gasteiger partial charge on any atom is -0.00271 e. The van der Waals surface area contributed by atoms with Gasteiger partial charge in [-0.3, -0.25) is 0 Å². The molecule has 1 aliphatic carbocycles. The van der Waals surface area contributed by atoms with E-state index >= 15 is 0 Å². The van der Waals surface area contributed by atoms with Crippen LogP contribution in [0.5, 0.6) is 0 Å². The Kier molecular flexibility index (Phi) is 8.18. The number of hydrogen-bond acceptors (Lipinski definition) is 0. The third-order valence-corrected chi connectivity index (χ3v) is 1.75. The van der Waals surface area contributed by atoms with Crippen LogP contribution in [0.4, 0.5) is 0 Å². The monoisotopic (exact) mass is 138 g/mol. The van der Waals surface area contributed by atoms with Gasteiger partial charge in [0.25, 0.3) is 0 Å². The van der Waals surface area contributed by atoms with Gasteiger partial charge in [-0.05, 0) is 13.8 Å². The Labute approximate surface area is 65.0 Å². The molecule has 0 unspecified atom stereocenters. The lowest BCUT2D eigenvalue weighted by Gasteiger charge is -2.05. The van der Waals surface area contributed by atoms with Crippen molar-refractivity contribution in [2.75, 3.05) is 0 Å². The first-order chi connectivity index (χ1) is 4.91. The predicted octanol–water partition coefficient (Wildman–Crippen LogP) is 3.37. The van der Waals surface area contributed by atoms with Crippen LogP contribution in [0, 0.1) is 11.8 Å². The Morgan fingerprint density at radius 2 is 0.800 bits per heavy atom. The molecule has 0 spiro atoms. The van der Waals surface area contributed by atoms with Crippen molar-refractivity contribution in [2.45, 2.75) is 52.4 Å². The van der Waals surface area contributed by atoms with E-state index in [1.807, 2.05) is 13.8 Å². The lowest BCUT2D eigenvalue weighted by atomic mass is 10.0. The van der Waals surface area contributed by atoms with E-state index in [4.69, 9.17) is 0 Å². The molecule has 0 aromatic carbocycles. The van der Waals surface area contributed by atoms with Crippen molar-refractivity contribution >= 4 is 0 Å². The Balaban J connectivity index is 0.000000180. The molecule has 1 rings (SSSR count). The fourth-order valence-corrected chi connectivity index (χ4v) is 1.06. The molecule has 0 aromatic rings. The summed E-state index contributed by atoms with van der Waals surface area (Å²) in [6.07, 6.45) is 9.00. The van der Waals surface area contributed by atoms with Crippen molar-refractivity contribution in [3.05, 3.63) is 0 Å². The van der Waals surface area contributed by atoms with Crippen LogP contribution in [0.3, 0.4) is 0 Å².